The Morgan fingerprint density at radius 2 is 2.12 bits per heavy atom. The van der Waals surface area contributed by atoms with Crippen LogP contribution in [0.2, 0.25) is 0 Å². The third kappa shape index (κ3) is 1.87. The van der Waals surface area contributed by atoms with Crippen LogP contribution in [0.5, 0.6) is 0 Å². The quantitative estimate of drug-likeness (QED) is 0.757. The molecule has 1 heterocycles. The minimum absolute atomic E-state index is 0.429. The average Bonchev–Trinajstić information content (AvgIpc) is 2.76. The predicted octanol–water partition coefficient (Wildman–Crippen LogP) is 2.18. The highest BCUT2D eigenvalue weighted by Crippen LogP contribution is 2.62. The summed E-state index contributed by atoms with van der Waals surface area (Å²) in [6.07, 6.45) is 4.12. The Morgan fingerprint density at radius 1 is 1.35 bits per heavy atom. The van der Waals surface area contributed by atoms with Crippen LogP contribution in [0.15, 0.2) is 0 Å². The summed E-state index contributed by atoms with van der Waals surface area (Å²) in [6, 6.07) is 0. The third-order valence-electron chi connectivity index (χ3n) is 4.20. The van der Waals surface area contributed by atoms with Gasteiger partial charge in [-0.05, 0) is 24.7 Å². The normalized spacial score (nSPS) is 30.6. The SMILES string of the molecule is COCCn1c(CCl)nnc1C1C2CCCC21. The van der Waals surface area contributed by atoms with E-state index in [1.165, 1.54) is 19.3 Å². The molecule has 2 aliphatic rings. The molecule has 17 heavy (non-hydrogen) atoms. The molecule has 1 aromatic heterocycles. The number of halogens is 1. The van der Waals surface area contributed by atoms with Crippen molar-refractivity contribution in [3.8, 4) is 0 Å². The lowest BCUT2D eigenvalue weighted by molar-refractivity contribution is 0.185. The van der Waals surface area contributed by atoms with Crippen LogP contribution in [-0.4, -0.2) is 28.5 Å². The molecule has 2 fully saturated rings. The Morgan fingerprint density at radius 3 is 2.76 bits per heavy atom. The average molecular weight is 256 g/mol. The van der Waals surface area contributed by atoms with Crippen LogP contribution in [-0.2, 0) is 17.2 Å². The summed E-state index contributed by atoms with van der Waals surface area (Å²) in [5, 5.41) is 8.56. The molecule has 2 atom stereocenters. The molecule has 0 bridgehead atoms. The number of nitrogens with zero attached hydrogens (tertiary/aromatic N) is 3. The fraction of sp³-hybridized carbons (Fsp3) is 0.833. The van der Waals surface area contributed by atoms with Crippen molar-refractivity contribution in [2.45, 2.75) is 37.6 Å². The molecule has 3 rings (SSSR count). The monoisotopic (exact) mass is 255 g/mol. The lowest BCUT2D eigenvalue weighted by Gasteiger charge is -2.09. The van der Waals surface area contributed by atoms with Gasteiger partial charge in [0.1, 0.15) is 11.6 Å². The minimum Gasteiger partial charge on any atom is -0.383 e. The second-order valence-corrected chi connectivity index (χ2v) is 5.30. The van der Waals surface area contributed by atoms with Crippen LogP contribution in [0.4, 0.5) is 0 Å². The van der Waals surface area contributed by atoms with Gasteiger partial charge < -0.3 is 9.30 Å². The van der Waals surface area contributed by atoms with Crippen LogP contribution in [0.25, 0.3) is 0 Å². The van der Waals surface area contributed by atoms with Crippen molar-refractivity contribution >= 4 is 11.6 Å². The summed E-state index contributed by atoms with van der Waals surface area (Å²) in [7, 11) is 1.72. The summed E-state index contributed by atoms with van der Waals surface area (Å²) in [4.78, 5) is 0. The van der Waals surface area contributed by atoms with Gasteiger partial charge in [0, 0.05) is 19.6 Å². The smallest absolute Gasteiger partial charge is 0.148 e. The first-order chi connectivity index (χ1) is 8.36. The summed E-state index contributed by atoms with van der Waals surface area (Å²) in [5.74, 6) is 4.83. The Hall–Kier alpha value is -0.610. The highest BCUT2D eigenvalue weighted by molar-refractivity contribution is 6.16. The molecule has 94 valence electrons. The number of rotatable bonds is 5. The first kappa shape index (κ1) is 11.5. The summed E-state index contributed by atoms with van der Waals surface area (Å²) in [6.45, 7) is 1.51. The van der Waals surface area contributed by atoms with E-state index in [0.29, 0.717) is 18.4 Å². The van der Waals surface area contributed by atoms with E-state index >= 15 is 0 Å². The largest absolute Gasteiger partial charge is 0.383 e. The molecular formula is C12H18ClN3O. The zero-order valence-electron chi connectivity index (χ0n) is 10.1. The molecule has 2 unspecified atom stereocenters. The molecule has 0 radical (unpaired) electrons. The number of methoxy groups -OCH3 is 1. The molecule has 0 N–H and O–H groups in total. The van der Waals surface area contributed by atoms with E-state index in [-0.39, 0.29) is 0 Å². The third-order valence-corrected chi connectivity index (χ3v) is 4.44. The number of alkyl halides is 1. The fourth-order valence-corrected chi connectivity index (χ4v) is 3.52. The van der Waals surface area contributed by atoms with E-state index in [0.717, 1.165) is 30.0 Å². The van der Waals surface area contributed by atoms with Crippen LogP contribution < -0.4 is 0 Å². The Kier molecular flexibility index (Phi) is 3.09. The van der Waals surface area contributed by atoms with E-state index < -0.39 is 0 Å². The van der Waals surface area contributed by atoms with E-state index in [1.54, 1.807) is 7.11 Å². The van der Waals surface area contributed by atoms with E-state index in [2.05, 4.69) is 14.8 Å². The minimum atomic E-state index is 0.429. The standard InChI is InChI=1S/C12H18ClN3O/c1-17-6-5-16-10(7-13)14-15-12(16)11-8-3-2-4-9(8)11/h8-9,11H,2-7H2,1H3. The number of hydrogen-bond donors (Lipinski definition) is 0. The molecule has 0 aliphatic heterocycles. The van der Waals surface area contributed by atoms with Crippen LogP contribution in [0.3, 0.4) is 0 Å². The Balaban J connectivity index is 1.81. The second-order valence-electron chi connectivity index (χ2n) is 5.04. The van der Waals surface area contributed by atoms with Gasteiger partial charge in [-0.1, -0.05) is 6.42 Å². The van der Waals surface area contributed by atoms with Gasteiger partial charge in [0.2, 0.25) is 0 Å². The molecule has 1 aromatic rings. The maximum Gasteiger partial charge on any atom is 0.148 e. The molecular weight excluding hydrogens is 238 g/mol. The molecule has 0 amide bonds. The summed E-state index contributed by atoms with van der Waals surface area (Å²) in [5.41, 5.74) is 0. The highest BCUT2D eigenvalue weighted by atomic mass is 35.5. The van der Waals surface area contributed by atoms with Crippen molar-refractivity contribution in [1.29, 1.82) is 0 Å². The second kappa shape index (κ2) is 4.58. The van der Waals surface area contributed by atoms with E-state index in [1.807, 2.05) is 0 Å². The van der Waals surface area contributed by atoms with Gasteiger partial charge in [-0.3, -0.25) is 0 Å². The molecule has 2 aliphatic carbocycles. The first-order valence-electron chi connectivity index (χ1n) is 6.33. The summed E-state index contributed by atoms with van der Waals surface area (Å²) < 4.78 is 7.31. The number of fused-ring (bicyclic) bond motifs is 1. The van der Waals surface area contributed by atoms with Crippen molar-refractivity contribution in [3.63, 3.8) is 0 Å². The highest BCUT2D eigenvalue weighted by Gasteiger charge is 2.55. The fourth-order valence-electron chi connectivity index (χ4n) is 3.33. The van der Waals surface area contributed by atoms with Gasteiger partial charge in [0.25, 0.3) is 0 Å². The molecule has 0 spiro atoms. The first-order valence-corrected chi connectivity index (χ1v) is 6.87. The number of hydrogen-bond acceptors (Lipinski definition) is 3. The zero-order chi connectivity index (χ0) is 11.8. The maximum atomic E-state index is 5.91. The van der Waals surface area contributed by atoms with E-state index in [9.17, 15) is 0 Å². The lowest BCUT2D eigenvalue weighted by Crippen LogP contribution is -2.11. The van der Waals surface area contributed by atoms with Gasteiger partial charge in [-0.2, -0.15) is 0 Å². The summed E-state index contributed by atoms with van der Waals surface area (Å²) >= 11 is 5.91. The van der Waals surface area contributed by atoms with Crippen molar-refractivity contribution in [2.24, 2.45) is 11.8 Å². The van der Waals surface area contributed by atoms with Crippen molar-refractivity contribution in [3.05, 3.63) is 11.6 Å². The molecule has 2 saturated carbocycles. The number of aromatic nitrogens is 3. The van der Waals surface area contributed by atoms with Crippen LogP contribution in [0, 0.1) is 11.8 Å². The predicted molar refractivity (Wildman–Crippen MR) is 65.0 cm³/mol. The van der Waals surface area contributed by atoms with Crippen molar-refractivity contribution < 1.29 is 4.74 Å². The molecule has 0 saturated heterocycles. The van der Waals surface area contributed by atoms with Crippen molar-refractivity contribution in [2.75, 3.05) is 13.7 Å². The van der Waals surface area contributed by atoms with Crippen molar-refractivity contribution in [1.82, 2.24) is 14.8 Å². The Labute approximate surface area is 106 Å². The van der Waals surface area contributed by atoms with Gasteiger partial charge in [-0.25, -0.2) is 0 Å². The zero-order valence-corrected chi connectivity index (χ0v) is 10.9. The molecule has 5 heteroatoms. The van der Waals surface area contributed by atoms with Gasteiger partial charge in [0.05, 0.1) is 12.5 Å². The maximum absolute atomic E-state index is 5.91. The topological polar surface area (TPSA) is 39.9 Å². The van der Waals surface area contributed by atoms with Crippen LogP contribution in [0.1, 0.15) is 36.8 Å². The number of ether oxygens (including phenoxy) is 1. The van der Waals surface area contributed by atoms with E-state index in [4.69, 9.17) is 16.3 Å². The Bertz CT molecular complexity index is 396. The lowest BCUT2D eigenvalue weighted by atomic mass is 10.1. The van der Waals surface area contributed by atoms with Crippen LogP contribution >= 0.6 is 11.6 Å². The molecule has 0 aromatic carbocycles. The van der Waals surface area contributed by atoms with Gasteiger partial charge in [0.15, 0.2) is 0 Å². The molecule has 4 nitrogen and oxygen atoms in total. The van der Waals surface area contributed by atoms with Gasteiger partial charge in [-0.15, -0.1) is 21.8 Å². The van der Waals surface area contributed by atoms with Gasteiger partial charge >= 0.3 is 0 Å².